The monoisotopic (exact) mass is 534 g/mol. The second-order valence-corrected chi connectivity index (χ2v) is 9.89. The van der Waals surface area contributed by atoms with Crippen molar-refractivity contribution in [1.82, 2.24) is 9.88 Å². The van der Waals surface area contributed by atoms with Crippen LogP contribution in [0.4, 0.5) is 0 Å². The Morgan fingerprint density at radius 1 is 1.00 bits per heavy atom. The van der Waals surface area contributed by atoms with Gasteiger partial charge in [-0.2, -0.15) is 11.8 Å². The molecule has 200 valence electrons. The van der Waals surface area contributed by atoms with Crippen molar-refractivity contribution >= 4 is 29.7 Å². The number of aliphatic carboxylic acids is 1. The summed E-state index contributed by atoms with van der Waals surface area (Å²) in [5.41, 5.74) is 4.29. The minimum atomic E-state index is -1.04. The number of carboxylic acid groups (broad SMARTS) is 1. The van der Waals surface area contributed by atoms with Gasteiger partial charge in [-0.05, 0) is 72.9 Å². The molecule has 0 radical (unpaired) electrons. The molecule has 1 heterocycles. The van der Waals surface area contributed by atoms with Crippen molar-refractivity contribution in [3.05, 3.63) is 94.8 Å². The molecular formula is C30H34N2O5S. The fraction of sp³-hybridized carbons (Fsp3) is 0.300. The molecular weight excluding hydrogens is 500 g/mol. The van der Waals surface area contributed by atoms with Crippen molar-refractivity contribution in [3.8, 4) is 11.5 Å². The van der Waals surface area contributed by atoms with Gasteiger partial charge in [0.15, 0.2) is 0 Å². The molecule has 0 saturated heterocycles. The molecule has 0 aliphatic carbocycles. The molecule has 0 aliphatic rings. The molecule has 0 spiro atoms. The number of carboxylic acids is 1. The number of nitrogens with zero attached hydrogens (tertiary/aromatic N) is 2. The first-order chi connectivity index (χ1) is 18.4. The van der Waals surface area contributed by atoms with Crippen molar-refractivity contribution < 1.29 is 24.2 Å². The summed E-state index contributed by atoms with van der Waals surface area (Å²) in [4.78, 5) is 29.5. The number of hydrogen-bond donors (Lipinski definition) is 1. The smallest absolute Gasteiger partial charge is 0.328 e. The average Bonchev–Trinajstić information content (AvgIpc) is 2.92. The highest BCUT2D eigenvalue weighted by Crippen LogP contribution is 2.23. The van der Waals surface area contributed by atoms with E-state index in [1.165, 1.54) is 11.6 Å². The molecule has 0 atom stereocenters. The van der Waals surface area contributed by atoms with Gasteiger partial charge in [-0.1, -0.05) is 24.3 Å². The number of thioether (sulfide) groups is 1. The lowest BCUT2D eigenvalue weighted by molar-refractivity contribution is -0.131. The van der Waals surface area contributed by atoms with Gasteiger partial charge in [-0.25, -0.2) is 9.78 Å². The summed E-state index contributed by atoms with van der Waals surface area (Å²) in [5, 5.41) is 9.09. The second-order valence-electron chi connectivity index (χ2n) is 8.90. The number of methoxy groups -OCH3 is 1. The quantitative estimate of drug-likeness (QED) is 0.209. The van der Waals surface area contributed by atoms with Crippen LogP contribution in [0.2, 0.25) is 0 Å². The van der Waals surface area contributed by atoms with Gasteiger partial charge >= 0.3 is 5.97 Å². The summed E-state index contributed by atoms with van der Waals surface area (Å²) in [5.74, 6) is 1.72. The van der Waals surface area contributed by atoms with Crippen LogP contribution < -0.4 is 9.47 Å². The van der Waals surface area contributed by atoms with Crippen molar-refractivity contribution in [3.63, 3.8) is 0 Å². The topological polar surface area (TPSA) is 89.0 Å². The number of aromatic nitrogens is 1. The van der Waals surface area contributed by atoms with Crippen molar-refractivity contribution in [2.24, 2.45) is 0 Å². The Kier molecular flexibility index (Phi) is 11.2. The molecule has 0 bridgehead atoms. The molecule has 8 heteroatoms. The average molecular weight is 535 g/mol. The van der Waals surface area contributed by atoms with E-state index in [9.17, 15) is 9.59 Å². The molecule has 3 rings (SSSR count). The number of ether oxygens (including phenoxy) is 2. The minimum absolute atomic E-state index is 0.0234. The number of benzene rings is 2. The fourth-order valence-electron chi connectivity index (χ4n) is 3.71. The molecule has 3 aromatic rings. The molecule has 1 amide bonds. The number of aryl methyl sites for hydroxylation is 1. The Balaban J connectivity index is 1.54. The van der Waals surface area contributed by atoms with Gasteiger partial charge in [-0.3, -0.25) is 4.79 Å². The number of carbonyl (C=O) groups is 2. The third-order valence-electron chi connectivity index (χ3n) is 5.70. The van der Waals surface area contributed by atoms with Gasteiger partial charge in [0.25, 0.3) is 5.91 Å². The molecule has 1 N–H and O–H groups in total. The van der Waals surface area contributed by atoms with Gasteiger partial charge < -0.3 is 19.5 Å². The molecule has 0 fully saturated rings. The molecule has 0 unspecified atom stereocenters. The largest absolute Gasteiger partial charge is 0.497 e. The summed E-state index contributed by atoms with van der Waals surface area (Å²) in [6.45, 7) is 0.516. The Bertz CT molecular complexity index is 1240. The Labute approximate surface area is 228 Å². The van der Waals surface area contributed by atoms with E-state index >= 15 is 0 Å². The van der Waals surface area contributed by atoms with Crippen LogP contribution in [-0.2, 0) is 22.7 Å². The first kappa shape index (κ1) is 28.8. The minimum Gasteiger partial charge on any atom is -0.497 e. The van der Waals surface area contributed by atoms with E-state index in [1.807, 2.05) is 48.5 Å². The number of hydrogen-bond acceptors (Lipinski definition) is 6. The first-order valence-corrected chi connectivity index (χ1v) is 13.6. The molecule has 1 aromatic heterocycles. The maximum atomic E-state index is 12.2. The highest BCUT2D eigenvalue weighted by atomic mass is 32.2. The lowest BCUT2D eigenvalue weighted by atomic mass is 10.1. The van der Waals surface area contributed by atoms with Crippen LogP contribution in [0.25, 0.3) is 6.08 Å². The van der Waals surface area contributed by atoms with Gasteiger partial charge in [0.1, 0.15) is 17.2 Å². The van der Waals surface area contributed by atoms with E-state index in [0.29, 0.717) is 29.4 Å². The van der Waals surface area contributed by atoms with Crippen LogP contribution >= 0.6 is 11.8 Å². The Hall–Kier alpha value is -3.78. The van der Waals surface area contributed by atoms with E-state index in [4.69, 9.17) is 14.6 Å². The normalized spacial score (nSPS) is 10.9. The van der Waals surface area contributed by atoms with E-state index in [2.05, 4.69) is 17.1 Å². The number of carbonyl (C=O) groups excluding carboxylic acids is 1. The van der Waals surface area contributed by atoms with E-state index in [1.54, 1.807) is 37.9 Å². The third-order valence-corrected chi connectivity index (χ3v) is 6.74. The van der Waals surface area contributed by atoms with Crippen LogP contribution in [-0.4, -0.2) is 54.7 Å². The van der Waals surface area contributed by atoms with Crippen molar-refractivity contribution in [1.29, 1.82) is 0 Å². The summed E-state index contributed by atoms with van der Waals surface area (Å²) >= 11 is 1.68. The predicted molar refractivity (Wildman–Crippen MR) is 152 cm³/mol. The zero-order valence-corrected chi connectivity index (χ0v) is 22.9. The number of unbranched alkanes of at least 4 members (excludes halogenated alkanes) is 1. The lowest BCUT2D eigenvalue weighted by Crippen LogP contribution is -2.21. The van der Waals surface area contributed by atoms with Crippen LogP contribution in [0.5, 0.6) is 11.5 Å². The zero-order chi connectivity index (χ0) is 27.3. The van der Waals surface area contributed by atoms with Crippen LogP contribution in [0.15, 0.2) is 66.7 Å². The zero-order valence-electron chi connectivity index (χ0n) is 22.1. The summed E-state index contributed by atoms with van der Waals surface area (Å²) in [6, 6.07) is 19.4. The van der Waals surface area contributed by atoms with Gasteiger partial charge in [-0.15, -0.1) is 0 Å². The van der Waals surface area contributed by atoms with Crippen LogP contribution in [0, 0.1) is 0 Å². The number of amides is 1. The van der Waals surface area contributed by atoms with E-state index in [-0.39, 0.29) is 5.91 Å². The molecule has 0 aliphatic heterocycles. The molecule has 0 saturated carbocycles. The molecule has 38 heavy (non-hydrogen) atoms. The Morgan fingerprint density at radius 2 is 1.79 bits per heavy atom. The highest BCUT2D eigenvalue weighted by Gasteiger charge is 2.09. The predicted octanol–water partition coefficient (Wildman–Crippen LogP) is 5.72. The van der Waals surface area contributed by atoms with Crippen molar-refractivity contribution in [2.45, 2.75) is 30.8 Å². The maximum absolute atomic E-state index is 12.2. The maximum Gasteiger partial charge on any atom is 0.328 e. The Morgan fingerprint density at radius 3 is 2.50 bits per heavy atom. The van der Waals surface area contributed by atoms with E-state index < -0.39 is 5.97 Å². The first-order valence-electron chi connectivity index (χ1n) is 12.4. The van der Waals surface area contributed by atoms with Crippen LogP contribution in [0.3, 0.4) is 0 Å². The van der Waals surface area contributed by atoms with Crippen molar-refractivity contribution in [2.75, 3.05) is 27.8 Å². The standard InChI is InChI=1S/C30H34N2O5S/c1-32(2)30(35)24-9-6-8-23(19-24)20-38-21-25-12-16-28(27(31-25)15-17-29(33)34)37-18-5-4-7-22-10-13-26(36-3)14-11-22/h6,8-17,19H,4-5,7,18,20-21H2,1-3H3,(H,33,34). The second kappa shape index (κ2) is 14.8. The SMILES string of the molecule is COc1ccc(CCCCOc2ccc(CSCc3cccc(C(=O)N(C)C)c3)nc2C=CC(=O)O)cc1. The lowest BCUT2D eigenvalue weighted by Gasteiger charge is -2.12. The summed E-state index contributed by atoms with van der Waals surface area (Å²) in [6.07, 6.45) is 5.32. The fourth-order valence-corrected chi connectivity index (χ4v) is 4.59. The summed E-state index contributed by atoms with van der Waals surface area (Å²) < 4.78 is 11.2. The third kappa shape index (κ3) is 9.27. The van der Waals surface area contributed by atoms with E-state index in [0.717, 1.165) is 48.1 Å². The summed E-state index contributed by atoms with van der Waals surface area (Å²) in [7, 11) is 5.13. The number of pyridine rings is 1. The highest BCUT2D eigenvalue weighted by molar-refractivity contribution is 7.97. The number of rotatable bonds is 14. The van der Waals surface area contributed by atoms with Gasteiger partial charge in [0.05, 0.1) is 19.4 Å². The van der Waals surface area contributed by atoms with Gasteiger partial charge in [0, 0.05) is 37.2 Å². The van der Waals surface area contributed by atoms with Gasteiger partial charge in [0.2, 0.25) is 0 Å². The van der Waals surface area contributed by atoms with Crippen LogP contribution in [0.1, 0.15) is 45.7 Å². The molecule has 7 nitrogen and oxygen atoms in total. The molecule has 2 aromatic carbocycles.